The normalized spacial score (nSPS) is 14.6. The maximum absolute atomic E-state index is 14.0. The number of aryl methyl sites for hydroxylation is 1. The third kappa shape index (κ3) is 4.85. The minimum atomic E-state index is -0.282. The molecule has 2 N–H and O–H groups in total. The fourth-order valence-electron chi connectivity index (χ4n) is 4.33. The Balaban J connectivity index is 1.46. The third-order valence-electron chi connectivity index (χ3n) is 6.20. The van der Waals surface area contributed by atoms with Crippen molar-refractivity contribution in [2.75, 3.05) is 18.4 Å². The van der Waals surface area contributed by atoms with Gasteiger partial charge in [-0.25, -0.2) is 18.7 Å². The number of aromatic nitrogens is 4. The van der Waals surface area contributed by atoms with Crippen molar-refractivity contribution in [1.82, 2.24) is 24.8 Å². The van der Waals surface area contributed by atoms with E-state index < -0.39 is 0 Å². The van der Waals surface area contributed by atoms with Gasteiger partial charge in [-0.05, 0) is 68.6 Å². The maximum atomic E-state index is 14.0. The molecule has 0 bridgehead atoms. The van der Waals surface area contributed by atoms with Crippen LogP contribution in [0.25, 0.3) is 22.6 Å². The van der Waals surface area contributed by atoms with Gasteiger partial charge < -0.3 is 15.2 Å². The molecule has 3 heterocycles. The van der Waals surface area contributed by atoms with Crippen molar-refractivity contribution in [2.24, 2.45) is 5.92 Å². The molecule has 1 aliphatic heterocycles. The largest absolute Gasteiger partial charge is 0.350 e. The Bertz CT molecular complexity index is 1230. The van der Waals surface area contributed by atoms with Crippen LogP contribution in [0, 0.1) is 17.6 Å². The Morgan fingerprint density at radius 1 is 1.00 bits per heavy atom. The van der Waals surface area contributed by atoms with Crippen LogP contribution in [0.1, 0.15) is 24.8 Å². The lowest BCUT2D eigenvalue weighted by Crippen LogP contribution is -2.28. The molecule has 170 valence electrons. The summed E-state index contributed by atoms with van der Waals surface area (Å²) in [6, 6.07) is 13.0. The lowest BCUT2D eigenvalue weighted by Gasteiger charge is -2.23. The number of anilines is 1. The van der Waals surface area contributed by atoms with E-state index in [1.807, 2.05) is 0 Å². The summed E-state index contributed by atoms with van der Waals surface area (Å²) in [6.45, 7) is 3.14. The van der Waals surface area contributed by atoms with E-state index in [2.05, 4.69) is 20.2 Å². The van der Waals surface area contributed by atoms with Crippen molar-refractivity contribution in [3.63, 3.8) is 0 Å². The van der Waals surface area contributed by atoms with E-state index in [9.17, 15) is 8.78 Å². The van der Waals surface area contributed by atoms with Gasteiger partial charge in [-0.3, -0.25) is 0 Å². The zero-order valence-electron chi connectivity index (χ0n) is 18.3. The maximum Gasteiger partial charge on any atom is 0.225 e. The summed E-state index contributed by atoms with van der Waals surface area (Å²) in [5.41, 5.74) is 2.78. The smallest absolute Gasteiger partial charge is 0.225 e. The minimum absolute atomic E-state index is 0.267. The highest BCUT2D eigenvalue weighted by Crippen LogP contribution is 2.27. The molecule has 33 heavy (non-hydrogen) atoms. The van der Waals surface area contributed by atoms with Gasteiger partial charge in [0.25, 0.3) is 0 Å². The van der Waals surface area contributed by atoms with Crippen LogP contribution in [0.15, 0.2) is 54.7 Å². The Hall–Kier alpha value is -3.39. The highest BCUT2D eigenvalue weighted by molar-refractivity contribution is 5.77. The van der Waals surface area contributed by atoms with Crippen LogP contribution in [0.4, 0.5) is 14.7 Å². The topological polar surface area (TPSA) is 67.7 Å². The molecule has 6 nitrogen and oxygen atoms in total. The van der Waals surface area contributed by atoms with Gasteiger partial charge in [0.2, 0.25) is 5.95 Å². The fourth-order valence-corrected chi connectivity index (χ4v) is 4.33. The molecule has 1 saturated heterocycles. The second kappa shape index (κ2) is 9.62. The van der Waals surface area contributed by atoms with Crippen LogP contribution in [0.5, 0.6) is 0 Å². The molecule has 1 aliphatic rings. The molecule has 0 unspecified atom stereocenters. The molecule has 0 radical (unpaired) electrons. The number of hydrogen-bond acceptors (Lipinski definition) is 5. The summed E-state index contributed by atoms with van der Waals surface area (Å²) in [6.07, 6.45) is 5.01. The van der Waals surface area contributed by atoms with Crippen molar-refractivity contribution in [1.29, 1.82) is 0 Å². The molecule has 2 aromatic heterocycles. The van der Waals surface area contributed by atoms with Crippen molar-refractivity contribution in [3.8, 4) is 11.4 Å². The van der Waals surface area contributed by atoms with E-state index >= 15 is 0 Å². The van der Waals surface area contributed by atoms with E-state index in [1.54, 1.807) is 36.5 Å². The monoisotopic (exact) mass is 448 g/mol. The molecule has 0 atom stereocenters. The molecule has 2 aromatic carbocycles. The average Bonchev–Trinajstić information content (AvgIpc) is 3.21. The highest BCUT2D eigenvalue weighted by atomic mass is 19.1. The van der Waals surface area contributed by atoms with Gasteiger partial charge in [-0.1, -0.05) is 18.2 Å². The number of nitrogens with zero attached hydrogens (tertiary/aromatic N) is 4. The second-order valence-corrected chi connectivity index (χ2v) is 8.42. The predicted molar refractivity (Wildman–Crippen MR) is 125 cm³/mol. The van der Waals surface area contributed by atoms with Crippen LogP contribution in [-0.2, 0) is 13.1 Å². The van der Waals surface area contributed by atoms with Crippen molar-refractivity contribution < 1.29 is 8.78 Å². The zero-order valence-corrected chi connectivity index (χ0v) is 18.3. The SMILES string of the molecule is Fc1ccc(-c2nc3cnc(NCc4ccccc4F)nc3n2CCC2CCNCC2)cc1. The standard InChI is InChI=1S/C25H26F2N6/c26-20-7-5-18(6-8-20)23-31-22-16-30-25(29-15-19-3-1-2-4-21(19)27)32-24(22)33(23)14-11-17-9-12-28-13-10-17/h1-8,16-17,28H,9-15H2,(H,29,30,32). The molecular formula is C25H26F2N6. The Kier molecular flexibility index (Phi) is 6.26. The van der Waals surface area contributed by atoms with E-state index in [0.717, 1.165) is 50.3 Å². The first kappa shape index (κ1) is 21.5. The van der Waals surface area contributed by atoms with Crippen molar-refractivity contribution in [2.45, 2.75) is 32.4 Å². The Morgan fingerprint density at radius 3 is 2.58 bits per heavy atom. The molecular weight excluding hydrogens is 422 g/mol. The number of fused-ring (bicyclic) bond motifs is 1. The number of imidazole rings is 1. The van der Waals surface area contributed by atoms with Crippen LogP contribution >= 0.6 is 0 Å². The summed E-state index contributed by atoms with van der Waals surface area (Å²) >= 11 is 0. The van der Waals surface area contributed by atoms with Crippen LogP contribution < -0.4 is 10.6 Å². The second-order valence-electron chi connectivity index (χ2n) is 8.42. The fraction of sp³-hybridized carbons (Fsp3) is 0.320. The number of hydrogen-bond donors (Lipinski definition) is 2. The first-order chi connectivity index (χ1) is 16.2. The number of rotatable bonds is 7. The first-order valence-electron chi connectivity index (χ1n) is 11.3. The van der Waals surface area contributed by atoms with Gasteiger partial charge in [0, 0.05) is 24.2 Å². The average molecular weight is 449 g/mol. The third-order valence-corrected chi connectivity index (χ3v) is 6.20. The van der Waals surface area contributed by atoms with Gasteiger partial charge in [-0.2, -0.15) is 4.98 Å². The first-order valence-corrected chi connectivity index (χ1v) is 11.3. The molecule has 8 heteroatoms. The lowest BCUT2D eigenvalue weighted by atomic mass is 9.95. The Morgan fingerprint density at radius 2 is 1.79 bits per heavy atom. The molecule has 0 spiro atoms. The molecule has 4 aromatic rings. The molecule has 5 rings (SSSR count). The highest BCUT2D eigenvalue weighted by Gasteiger charge is 2.18. The van der Waals surface area contributed by atoms with E-state index in [-0.39, 0.29) is 18.2 Å². The van der Waals surface area contributed by atoms with Gasteiger partial charge >= 0.3 is 0 Å². The van der Waals surface area contributed by atoms with Gasteiger partial charge in [-0.15, -0.1) is 0 Å². The summed E-state index contributed by atoms with van der Waals surface area (Å²) < 4.78 is 29.6. The van der Waals surface area contributed by atoms with Crippen molar-refractivity contribution in [3.05, 3.63) is 71.9 Å². The minimum Gasteiger partial charge on any atom is -0.350 e. The lowest BCUT2D eigenvalue weighted by molar-refractivity contribution is 0.339. The molecule has 1 fully saturated rings. The van der Waals surface area contributed by atoms with E-state index in [1.165, 1.54) is 18.2 Å². The quantitative estimate of drug-likeness (QED) is 0.426. The number of piperidine rings is 1. The van der Waals surface area contributed by atoms with E-state index in [0.29, 0.717) is 28.6 Å². The van der Waals surface area contributed by atoms with Gasteiger partial charge in [0.15, 0.2) is 5.65 Å². The van der Waals surface area contributed by atoms with Crippen LogP contribution in [0.3, 0.4) is 0 Å². The summed E-state index contributed by atoms with van der Waals surface area (Å²) in [4.78, 5) is 13.9. The molecule has 0 amide bonds. The molecule has 0 aliphatic carbocycles. The van der Waals surface area contributed by atoms with Gasteiger partial charge in [0.05, 0.1) is 6.20 Å². The van der Waals surface area contributed by atoms with Gasteiger partial charge in [0.1, 0.15) is 23.0 Å². The summed E-state index contributed by atoms with van der Waals surface area (Å²) in [5.74, 6) is 1.26. The Labute approximate surface area is 191 Å². The summed E-state index contributed by atoms with van der Waals surface area (Å²) in [7, 11) is 0. The number of nitrogens with one attached hydrogen (secondary N) is 2. The number of benzene rings is 2. The van der Waals surface area contributed by atoms with E-state index in [4.69, 9.17) is 9.97 Å². The van der Waals surface area contributed by atoms with Crippen LogP contribution in [-0.4, -0.2) is 32.6 Å². The predicted octanol–water partition coefficient (Wildman–Crippen LogP) is 4.77. The van der Waals surface area contributed by atoms with Crippen LogP contribution in [0.2, 0.25) is 0 Å². The summed E-state index contributed by atoms with van der Waals surface area (Å²) in [5, 5.41) is 6.53. The molecule has 0 saturated carbocycles. The van der Waals surface area contributed by atoms with Crippen molar-refractivity contribution >= 4 is 17.1 Å². The zero-order chi connectivity index (χ0) is 22.6. The number of halogens is 2.